The summed E-state index contributed by atoms with van der Waals surface area (Å²) in [6.45, 7) is 7.50. The minimum atomic E-state index is -0.308. The number of aromatic nitrogens is 1. The van der Waals surface area contributed by atoms with Gasteiger partial charge in [-0.3, -0.25) is 9.69 Å². The second kappa shape index (κ2) is 7.94. The van der Waals surface area contributed by atoms with E-state index in [1.165, 1.54) is 0 Å². The summed E-state index contributed by atoms with van der Waals surface area (Å²) in [5, 5.41) is 9.49. The second-order valence-electron chi connectivity index (χ2n) is 6.95. The minimum absolute atomic E-state index is 0.0732. The molecule has 6 heteroatoms. The summed E-state index contributed by atoms with van der Waals surface area (Å²) in [7, 11) is 0. The Morgan fingerprint density at radius 3 is 2.75 bits per heavy atom. The predicted molar refractivity (Wildman–Crippen MR) is 93.9 cm³/mol. The van der Waals surface area contributed by atoms with Crippen molar-refractivity contribution in [1.82, 2.24) is 14.8 Å². The Morgan fingerprint density at radius 2 is 2.08 bits per heavy atom. The standard InChI is InChI=1S/C18H28N4O2/c1-15(23)13-20-9-11-21(12-10-20)18(24)16-5-4-8-22(14-16)17-6-2-3-7-19-17/h2-3,6-7,15-16,23H,4-5,8-14H2,1H3/t15-,16-/m1/s1. The molecule has 132 valence electrons. The van der Waals surface area contributed by atoms with Crippen molar-refractivity contribution in [2.24, 2.45) is 5.92 Å². The van der Waals surface area contributed by atoms with Crippen LogP contribution < -0.4 is 4.90 Å². The molecule has 2 saturated heterocycles. The van der Waals surface area contributed by atoms with Crippen LogP contribution in [0.25, 0.3) is 0 Å². The van der Waals surface area contributed by atoms with Gasteiger partial charge in [0, 0.05) is 52.0 Å². The van der Waals surface area contributed by atoms with Gasteiger partial charge in [0.1, 0.15) is 5.82 Å². The van der Waals surface area contributed by atoms with Crippen LogP contribution in [0.15, 0.2) is 24.4 Å². The number of rotatable bonds is 4. The monoisotopic (exact) mass is 332 g/mol. The number of carbonyl (C=O) groups is 1. The van der Waals surface area contributed by atoms with Crippen molar-refractivity contribution in [1.29, 1.82) is 0 Å². The summed E-state index contributed by atoms with van der Waals surface area (Å²) in [6, 6.07) is 5.93. The molecule has 0 bridgehead atoms. The van der Waals surface area contributed by atoms with E-state index in [1.54, 1.807) is 0 Å². The van der Waals surface area contributed by atoms with Crippen LogP contribution in [0.3, 0.4) is 0 Å². The fourth-order valence-corrected chi connectivity index (χ4v) is 3.71. The zero-order valence-corrected chi connectivity index (χ0v) is 14.5. The van der Waals surface area contributed by atoms with Crippen molar-refractivity contribution in [3.63, 3.8) is 0 Å². The molecule has 0 spiro atoms. The first-order valence-corrected chi connectivity index (χ1v) is 8.98. The first kappa shape index (κ1) is 17.2. The molecule has 1 aromatic heterocycles. The number of piperazine rings is 1. The molecule has 0 saturated carbocycles. The van der Waals surface area contributed by atoms with Crippen molar-refractivity contribution in [3.05, 3.63) is 24.4 Å². The number of piperidine rings is 1. The third-order valence-electron chi connectivity index (χ3n) is 4.95. The molecule has 3 heterocycles. The molecule has 1 N–H and O–H groups in total. The zero-order valence-electron chi connectivity index (χ0n) is 14.5. The van der Waals surface area contributed by atoms with E-state index < -0.39 is 0 Å². The number of hydrogen-bond donors (Lipinski definition) is 1. The molecular formula is C18H28N4O2. The summed E-state index contributed by atoms with van der Waals surface area (Å²) in [6.07, 6.45) is 3.50. The third kappa shape index (κ3) is 4.24. The normalized spacial score (nSPS) is 24.0. The van der Waals surface area contributed by atoms with Gasteiger partial charge in [-0.15, -0.1) is 0 Å². The second-order valence-corrected chi connectivity index (χ2v) is 6.95. The third-order valence-corrected chi connectivity index (χ3v) is 4.95. The molecule has 0 radical (unpaired) electrons. The number of aliphatic hydroxyl groups excluding tert-OH is 1. The van der Waals surface area contributed by atoms with Gasteiger partial charge in [0.05, 0.1) is 12.0 Å². The summed E-state index contributed by atoms with van der Waals surface area (Å²) < 4.78 is 0. The molecule has 0 aliphatic carbocycles. The topological polar surface area (TPSA) is 59.9 Å². The van der Waals surface area contributed by atoms with Gasteiger partial charge in [-0.1, -0.05) is 6.07 Å². The van der Waals surface area contributed by atoms with Crippen molar-refractivity contribution in [2.75, 3.05) is 50.7 Å². The smallest absolute Gasteiger partial charge is 0.227 e. The summed E-state index contributed by atoms with van der Waals surface area (Å²) in [5.74, 6) is 1.33. The Bertz CT molecular complexity index is 529. The largest absolute Gasteiger partial charge is 0.392 e. The Balaban J connectivity index is 1.54. The lowest BCUT2D eigenvalue weighted by molar-refractivity contribution is -0.137. The lowest BCUT2D eigenvalue weighted by atomic mass is 9.96. The van der Waals surface area contributed by atoms with Crippen LogP contribution >= 0.6 is 0 Å². The van der Waals surface area contributed by atoms with E-state index in [0.29, 0.717) is 6.54 Å². The van der Waals surface area contributed by atoms with E-state index in [1.807, 2.05) is 36.2 Å². The molecule has 1 aromatic rings. The van der Waals surface area contributed by atoms with Crippen molar-refractivity contribution >= 4 is 11.7 Å². The number of nitrogens with zero attached hydrogens (tertiary/aromatic N) is 4. The number of amides is 1. The number of anilines is 1. The molecule has 2 aliphatic heterocycles. The zero-order chi connectivity index (χ0) is 16.9. The van der Waals surface area contributed by atoms with E-state index in [-0.39, 0.29) is 17.9 Å². The highest BCUT2D eigenvalue weighted by atomic mass is 16.3. The van der Waals surface area contributed by atoms with Crippen molar-refractivity contribution in [3.8, 4) is 0 Å². The van der Waals surface area contributed by atoms with Gasteiger partial charge in [0.2, 0.25) is 5.91 Å². The van der Waals surface area contributed by atoms with Crippen LogP contribution in [0.5, 0.6) is 0 Å². The Labute approximate surface area is 144 Å². The highest BCUT2D eigenvalue weighted by Gasteiger charge is 2.31. The fraction of sp³-hybridized carbons (Fsp3) is 0.667. The number of carbonyl (C=O) groups excluding carboxylic acids is 1. The maximum atomic E-state index is 12.9. The average molecular weight is 332 g/mol. The number of hydrogen-bond acceptors (Lipinski definition) is 5. The summed E-state index contributed by atoms with van der Waals surface area (Å²) in [5.41, 5.74) is 0. The molecule has 3 rings (SSSR count). The highest BCUT2D eigenvalue weighted by Crippen LogP contribution is 2.23. The minimum Gasteiger partial charge on any atom is -0.392 e. The molecule has 6 nitrogen and oxygen atoms in total. The summed E-state index contributed by atoms with van der Waals surface area (Å²) >= 11 is 0. The summed E-state index contributed by atoms with van der Waals surface area (Å²) in [4.78, 5) is 23.8. The van der Waals surface area contributed by atoms with Crippen molar-refractivity contribution in [2.45, 2.75) is 25.9 Å². The maximum absolute atomic E-state index is 12.9. The van der Waals surface area contributed by atoms with Gasteiger partial charge < -0.3 is 14.9 Å². The number of β-amino-alcohol motifs (C(OH)–C–C–N with tert-alkyl or cyclic N) is 1. The van der Waals surface area contributed by atoms with Gasteiger partial charge in [-0.2, -0.15) is 0 Å². The lowest BCUT2D eigenvalue weighted by Crippen LogP contribution is -2.53. The Morgan fingerprint density at radius 1 is 1.29 bits per heavy atom. The average Bonchev–Trinajstić information content (AvgIpc) is 2.62. The number of pyridine rings is 1. The molecule has 0 aromatic carbocycles. The molecule has 2 fully saturated rings. The van der Waals surface area contributed by atoms with Crippen LogP contribution in [0, 0.1) is 5.92 Å². The van der Waals surface area contributed by atoms with Crippen LogP contribution in [0.2, 0.25) is 0 Å². The molecule has 0 unspecified atom stereocenters. The first-order valence-electron chi connectivity index (χ1n) is 8.98. The molecule has 1 amide bonds. The first-order chi connectivity index (χ1) is 11.6. The van der Waals surface area contributed by atoms with E-state index in [0.717, 1.165) is 57.9 Å². The van der Waals surface area contributed by atoms with Crippen LogP contribution in [0.1, 0.15) is 19.8 Å². The SMILES string of the molecule is C[C@@H](O)CN1CCN(C(=O)[C@@H]2CCCN(c3ccccn3)C2)CC1. The van der Waals surface area contributed by atoms with Gasteiger partial charge in [-0.05, 0) is 31.9 Å². The predicted octanol–water partition coefficient (Wildman–Crippen LogP) is 0.823. The van der Waals surface area contributed by atoms with E-state index in [2.05, 4.69) is 14.8 Å². The van der Waals surface area contributed by atoms with Crippen LogP contribution in [-0.2, 0) is 4.79 Å². The van der Waals surface area contributed by atoms with Gasteiger partial charge in [0.15, 0.2) is 0 Å². The maximum Gasteiger partial charge on any atom is 0.227 e. The van der Waals surface area contributed by atoms with Gasteiger partial charge in [-0.25, -0.2) is 4.98 Å². The van der Waals surface area contributed by atoms with Crippen LogP contribution in [-0.4, -0.2) is 77.7 Å². The van der Waals surface area contributed by atoms with Gasteiger partial charge in [0.25, 0.3) is 0 Å². The fourth-order valence-electron chi connectivity index (χ4n) is 3.71. The number of aliphatic hydroxyl groups is 1. The lowest BCUT2D eigenvalue weighted by Gasteiger charge is -2.39. The molecular weight excluding hydrogens is 304 g/mol. The molecule has 2 aliphatic rings. The quantitative estimate of drug-likeness (QED) is 0.885. The molecule has 24 heavy (non-hydrogen) atoms. The molecule has 2 atom stereocenters. The van der Waals surface area contributed by atoms with Crippen molar-refractivity contribution < 1.29 is 9.90 Å². The van der Waals surface area contributed by atoms with Gasteiger partial charge >= 0.3 is 0 Å². The van der Waals surface area contributed by atoms with E-state index in [4.69, 9.17) is 0 Å². The van der Waals surface area contributed by atoms with E-state index >= 15 is 0 Å². The van der Waals surface area contributed by atoms with Crippen LogP contribution in [0.4, 0.5) is 5.82 Å². The Kier molecular flexibility index (Phi) is 5.68. The highest BCUT2D eigenvalue weighted by molar-refractivity contribution is 5.80. The Hall–Kier alpha value is -1.66. The van der Waals surface area contributed by atoms with E-state index in [9.17, 15) is 9.90 Å².